The highest BCUT2D eigenvalue weighted by molar-refractivity contribution is 9.10. The molecule has 3 aromatic rings. The topological polar surface area (TPSA) is 63.6 Å². The molecule has 0 unspecified atom stereocenters. The van der Waals surface area contributed by atoms with Crippen molar-refractivity contribution >= 4 is 44.9 Å². The second kappa shape index (κ2) is 6.68. The maximum atomic E-state index is 6.21. The molecule has 8 heteroatoms. The molecule has 5 nitrogen and oxygen atoms in total. The molecule has 0 amide bonds. The van der Waals surface area contributed by atoms with Gasteiger partial charge in [-0.15, -0.1) is 5.10 Å². The molecular formula is C14H11BrClN5S. The van der Waals surface area contributed by atoms with E-state index in [1.807, 2.05) is 25.1 Å². The zero-order chi connectivity index (χ0) is 15.5. The third kappa shape index (κ3) is 2.97. The van der Waals surface area contributed by atoms with Crippen LogP contribution in [0.2, 0.25) is 5.15 Å². The van der Waals surface area contributed by atoms with Gasteiger partial charge in [-0.25, -0.2) is 9.97 Å². The Kier molecular flexibility index (Phi) is 4.66. The first kappa shape index (κ1) is 15.3. The minimum Gasteiger partial charge on any atom is -0.370 e. The third-order valence-corrected chi connectivity index (χ3v) is 4.44. The smallest absolute Gasteiger partial charge is 0.137 e. The van der Waals surface area contributed by atoms with E-state index in [2.05, 4.69) is 40.8 Å². The Bertz CT molecular complexity index is 807. The lowest BCUT2D eigenvalue weighted by molar-refractivity contribution is 1.13. The van der Waals surface area contributed by atoms with E-state index >= 15 is 0 Å². The van der Waals surface area contributed by atoms with E-state index in [1.54, 1.807) is 12.4 Å². The standard InChI is InChI=1S/C14H11BrClN5S/c1-2-17-14-10(6-8(15)7-19-14)11-12(22-21-20-11)9-4-3-5-18-13(9)16/h3-7H,2H2,1H3,(H,17,19). The van der Waals surface area contributed by atoms with Crippen LogP contribution in [0.5, 0.6) is 0 Å². The minimum absolute atomic E-state index is 0.433. The van der Waals surface area contributed by atoms with Gasteiger partial charge in [-0.3, -0.25) is 0 Å². The Hall–Kier alpha value is -1.57. The number of rotatable bonds is 4. The van der Waals surface area contributed by atoms with Crippen LogP contribution in [0.25, 0.3) is 21.7 Å². The van der Waals surface area contributed by atoms with E-state index < -0.39 is 0 Å². The molecule has 0 saturated carbocycles. The summed E-state index contributed by atoms with van der Waals surface area (Å²) in [6, 6.07) is 5.72. The first-order chi connectivity index (χ1) is 10.7. The summed E-state index contributed by atoms with van der Waals surface area (Å²) in [4.78, 5) is 9.41. The molecule has 0 atom stereocenters. The minimum atomic E-state index is 0.433. The van der Waals surface area contributed by atoms with Crippen molar-refractivity contribution in [2.75, 3.05) is 11.9 Å². The molecule has 22 heavy (non-hydrogen) atoms. The molecule has 0 aliphatic heterocycles. The van der Waals surface area contributed by atoms with Gasteiger partial charge in [-0.05, 0) is 52.6 Å². The molecule has 0 spiro atoms. The molecule has 3 aromatic heterocycles. The highest BCUT2D eigenvalue weighted by Crippen LogP contribution is 2.39. The molecule has 3 heterocycles. The van der Waals surface area contributed by atoms with Crippen molar-refractivity contribution in [2.24, 2.45) is 0 Å². The third-order valence-electron chi connectivity index (χ3n) is 2.95. The van der Waals surface area contributed by atoms with Crippen LogP contribution in [-0.2, 0) is 0 Å². The molecule has 0 fully saturated rings. The van der Waals surface area contributed by atoms with E-state index in [9.17, 15) is 0 Å². The molecule has 3 rings (SSSR count). The van der Waals surface area contributed by atoms with Gasteiger partial charge in [0.25, 0.3) is 0 Å². The highest BCUT2D eigenvalue weighted by atomic mass is 79.9. The Morgan fingerprint density at radius 3 is 2.95 bits per heavy atom. The molecule has 0 bridgehead atoms. The lowest BCUT2D eigenvalue weighted by Gasteiger charge is -2.09. The zero-order valence-corrected chi connectivity index (χ0v) is 14.7. The summed E-state index contributed by atoms with van der Waals surface area (Å²) in [5.41, 5.74) is 2.43. The molecule has 112 valence electrons. The molecule has 0 aliphatic carbocycles. The number of halogens is 2. The monoisotopic (exact) mass is 395 g/mol. The fourth-order valence-corrected chi connectivity index (χ4v) is 3.33. The number of aromatic nitrogens is 4. The van der Waals surface area contributed by atoms with E-state index in [4.69, 9.17) is 11.6 Å². The predicted molar refractivity (Wildman–Crippen MR) is 93.2 cm³/mol. The van der Waals surface area contributed by atoms with E-state index in [1.165, 1.54) is 11.5 Å². The van der Waals surface area contributed by atoms with E-state index in [0.29, 0.717) is 5.15 Å². The molecular weight excluding hydrogens is 386 g/mol. The summed E-state index contributed by atoms with van der Waals surface area (Å²) >= 11 is 10.9. The largest absolute Gasteiger partial charge is 0.370 e. The molecule has 0 aromatic carbocycles. The van der Waals surface area contributed by atoms with Crippen molar-refractivity contribution in [1.82, 2.24) is 19.6 Å². The molecule has 0 saturated heterocycles. The second-order valence-corrected chi connectivity index (χ2v) is 6.40. The first-order valence-electron chi connectivity index (χ1n) is 6.53. The van der Waals surface area contributed by atoms with Crippen molar-refractivity contribution in [3.05, 3.63) is 40.2 Å². The van der Waals surface area contributed by atoms with Gasteiger partial charge >= 0.3 is 0 Å². The number of anilines is 1. The van der Waals surface area contributed by atoms with Crippen molar-refractivity contribution in [1.29, 1.82) is 0 Å². The van der Waals surface area contributed by atoms with Gasteiger partial charge in [0.15, 0.2) is 0 Å². The van der Waals surface area contributed by atoms with E-state index in [-0.39, 0.29) is 0 Å². The van der Waals surface area contributed by atoms with Crippen LogP contribution in [0.1, 0.15) is 6.92 Å². The first-order valence-corrected chi connectivity index (χ1v) is 8.48. The lowest BCUT2D eigenvalue weighted by atomic mass is 10.1. The van der Waals surface area contributed by atoms with Gasteiger partial charge in [0.05, 0.1) is 4.88 Å². The normalized spacial score (nSPS) is 10.7. The van der Waals surface area contributed by atoms with Gasteiger partial charge < -0.3 is 5.32 Å². The van der Waals surface area contributed by atoms with Crippen LogP contribution in [0.4, 0.5) is 5.82 Å². The summed E-state index contributed by atoms with van der Waals surface area (Å²) in [6.45, 7) is 2.79. The van der Waals surface area contributed by atoms with Crippen LogP contribution in [-0.4, -0.2) is 26.1 Å². The van der Waals surface area contributed by atoms with E-state index in [0.717, 1.165) is 38.5 Å². The number of hydrogen-bond donors (Lipinski definition) is 1. The Balaban J connectivity index is 2.17. The van der Waals surface area contributed by atoms with Gasteiger partial charge in [0.1, 0.15) is 16.7 Å². The fourth-order valence-electron chi connectivity index (χ4n) is 2.03. The van der Waals surface area contributed by atoms with Crippen molar-refractivity contribution < 1.29 is 0 Å². The van der Waals surface area contributed by atoms with Gasteiger partial charge in [0.2, 0.25) is 0 Å². The van der Waals surface area contributed by atoms with Crippen molar-refractivity contribution in [2.45, 2.75) is 6.92 Å². The number of nitrogens with one attached hydrogen (secondary N) is 1. The molecule has 1 N–H and O–H groups in total. The zero-order valence-electron chi connectivity index (χ0n) is 11.5. The highest BCUT2D eigenvalue weighted by Gasteiger charge is 2.19. The molecule has 0 radical (unpaired) electrons. The van der Waals surface area contributed by atoms with Crippen LogP contribution < -0.4 is 5.32 Å². The molecule has 0 aliphatic rings. The number of hydrogen-bond acceptors (Lipinski definition) is 6. The number of pyridine rings is 2. The van der Waals surface area contributed by atoms with Crippen molar-refractivity contribution in [3.8, 4) is 21.7 Å². The summed E-state index contributed by atoms with van der Waals surface area (Å²) in [5, 5.41) is 7.94. The average Bonchev–Trinajstić information content (AvgIpc) is 2.99. The summed E-state index contributed by atoms with van der Waals surface area (Å²) < 4.78 is 4.96. The SMILES string of the molecule is CCNc1ncc(Br)cc1-c1nnsc1-c1cccnc1Cl. The van der Waals surface area contributed by atoms with Crippen LogP contribution in [0, 0.1) is 0 Å². The van der Waals surface area contributed by atoms with Crippen LogP contribution >= 0.6 is 39.1 Å². The Morgan fingerprint density at radius 1 is 1.32 bits per heavy atom. The quantitative estimate of drug-likeness (QED) is 0.657. The fraction of sp³-hybridized carbons (Fsp3) is 0.143. The summed E-state index contributed by atoms with van der Waals surface area (Å²) in [5.74, 6) is 0.764. The maximum absolute atomic E-state index is 6.21. The average molecular weight is 397 g/mol. The predicted octanol–water partition coefficient (Wildman–Crippen LogP) is 4.51. The van der Waals surface area contributed by atoms with Gasteiger partial charge in [0, 0.05) is 34.5 Å². The summed E-state index contributed by atoms with van der Waals surface area (Å²) in [6.07, 6.45) is 3.41. The van der Waals surface area contributed by atoms with Gasteiger partial charge in [-0.1, -0.05) is 16.1 Å². The summed E-state index contributed by atoms with van der Waals surface area (Å²) in [7, 11) is 0. The van der Waals surface area contributed by atoms with Crippen LogP contribution in [0.3, 0.4) is 0 Å². The van der Waals surface area contributed by atoms with Crippen LogP contribution in [0.15, 0.2) is 35.1 Å². The second-order valence-electron chi connectivity index (χ2n) is 4.37. The van der Waals surface area contributed by atoms with Crippen molar-refractivity contribution in [3.63, 3.8) is 0 Å². The maximum Gasteiger partial charge on any atom is 0.137 e. The van der Waals surface area contributed by atoms with Gasteiger partial charge in [-0.2, -0.15) is 0 Å². The Labute approximate surface area is 145 Å². The number of nitrogens with zero attached hydrogens (tertiary/aromatic N) is 4. The lowest BCUT2D eigenvalue weighted by Crippen LogP contribution is -2.02. The Morgan fingerprint density at radius 2 is 2.18 bits per heavy atom.